The zero-order valence-electron chi connectivity index (χ0n) is 12.4. The largest absolute Gasteiger partial charge is 0.393 e. The molecular weight excluding hydrogens is 302 g/mol. The summed E-state index contributed by atoms with van der Waals surface area (Å²) in [7, 11) is 0. The van der Waals surface area contributed by atoms with Gasteiger partial charge < -0.3 is 15.2 Å². The van der Waals surface area contributed by atoms with Gasteiger partial charge in [-0.2, -0.15) is 0 Å². The number of aliphatic hydroxyl groups is 1. The average molecular weight is 323 g/mol. The van der Waals surface area contributed by atoms with Gasteiger partial charge in [0.05, 0.1) is 29.9 Å². The zero-order valence-corrected chi connectivity index (χ0v) is 13.2. The van der Waals surface area contributed by atoms with Crippen LogP contribution in [-0.2, 0) is 17.8 Å². The quantitative estimate of drug-likeness (QED) is 0.791. The molecule has 2 amide bonds. The van der Waals surface area contributed by atoms with Gasteiger partial charge in [-0.3, -0.25) is 5.32 Å². The number of ether oxygens (including phenoxy) is 1. The summed E-state index contributed by atoms with van der Waals surface area (Å²) in [6, 6.07) is -0.185. The van der Waals surface area contributed by atoms with Gasteiger partial charge in [0, 0.05) is 13.0 Å². The minimum atomic E-state index is -0.185. The van der Waals surface area contributed by atoms with Crippen molar-refractivity contribution in [1.82, 2.24) is 10.3 Å². The Morgan fingerprint density at radius 3 is 3.00 bits per heavy atom. The van der Waals surface area contributed by atoms with E-state index in [-0.39, 0.29) is 12.1 Å². The lowest BCUT2D eigenvalue weighted by Crippen LogP contribution is -2.36. The van der Waals surface area contributed by atoms with Gasteiger partial charge in [0.15, 0.2) is 5.13 Å². The van der Waals surface area contributed by atoms with Gasteiger partial charge in [0.25, 0.3) is 0 Å². The summed E-state index contributed by atoms with van der Waals surface area (Å²) in [4.78, 5) is 17.6. The van der Waals surface area contributed by atoms with E-state index in [2.05, 4.69) is 15.6 Å². The van der Waals surface area contributed by atoms with Crippen LogP contribution in [0, 0.1) is 17.8 Å². The van der Waals surface area contributed by atoms with E-state index in [4.69, 9.17) is 4.74 Å². The summed E-state index contributed by atoms with van der Waals surface area (Å²) in [5.41, 5.74) is 1.05. The molecule has 2 saturated carbocycles. The van der Waals surface area contributed by atoms with Gasteiger partial charge in [-0.15, -0.1) is 0 Å². The third kappa shape index (κ3) is 2.73. The number of carbonyl (C=O) groups is 1. The Hall–Kier alpha value is -1.18. The number of nitrogens with zero attached hydrogens (tertiary/aromatic N) is 1. The van der Waals surface area contributed by atoms with E-state index in [1.54, 1.807) is 0 Å². The number of nitrogens with one attached hydrogen (secondary N) is 2. The molecule has 0 radical (unpaired) electrons. The Morgan fingerprint density at radius 1 is 1.36 bits per heavy atom. The van der Waals surface area contributed by atoms with Gasteiger partial charge in [-0.1, -0.05) is 11.3 Å². The second-order valence-corrected chi connectivity index (χ2v) is 7.66. The van der Waals surface area contributed by atoms with E-state index in [9.17, 15) is 9.90 Å². The van der Waals surface area contributed by atoms with Crippen LogP contribution in [0.3, 0.4) is 0 Å². The number of urea groups is 1. The van der Waals surface area contributed by atoms with Crippen LogP contribution in [0.25, 0.3) is 0 Å². The Balaban J connectivity index is 1.27. The molecule has 1 aromatic rings. The SMILES string of the molecule is O=C(NC[C@@H]1C[C@H]2C[C@@H]1C[C@H]2O)Nc1nc2c(s1)COCC2. The van der Waals surface area contributed by atoms with Crippen LogP contribution in [-0.4, -0.2) is 35.4 Å². The monoisotopic (exact) mass is 323 g/mol. The topological polar surface area (TPSA) is 83.5 Å². The molecule has 0 saturated heterocycles. The summed E-state index contributed by atoms with van der Waals surface area (Å²) >= 11 is 1.49. The maximum atomic E-state index is 12.0. The van der Waals surface area contributed by atoms with Crippen LogP contribution in [0.4, 0.5) is 9.93 Å². The highest BCUT2D eigenvalue weighted by atomic mass is 32.1. The van der Waals surface area contributed by atoms with Gasteiger partial charge in [0.1, 0.15) is 0 Å². The van der Waals surface area contributed by atoms with E-state index in [1.165, 1.54) is 11.3 Å². The van der Waals surface area contributed by atoms with E-state index in [0.29, 0.717) is 42.6 Å². The third-order valence-corrected chi connectivity index (χ3v) is 6.19. The number of anilines is 1. The van der Waals surface area contributed by atoms with Crippen LogP contribution >= 0.6 is 11.3 Å². The van der Waals surface area contributed by atoms with Crippen LogP contribution in [0.1, 0.15) is 29.8 Å². The highest BCUT2D eigenvalue weighted by Crippen LogP contribution is 2.48. The minimum Gasteiger partial charge on any atom is -0.393 e. The molecular formula is C15H21N3O3S. The van der Waals surface area contributed by atoms with Crippen LogP contribution in [0.2, 0.25) is 0 Å². The number of thiazole rings is 1. The summed E-state index contributed by atoms with van der Waals surface area (Å²) in [6.45, 7) is 2.00. The van der Waals surface area contributed by atoms with E-state index in [1.807, 2.05) is 0 Å². The highest BCUT2D eigenvalue weighted by Gasteiger charge is 2.44. The van der Waals surface area contributed by atoms with Crippen molar-refractivity contribution in [3.05, 3.63) is 10.6 Å². The van der Waals surface area contributed by atoms with Crippen molar-refractivity contribution >= 4 is 22.5 Å². The molecule has 3 N–H and O–H groups in total. The molecule has 0 unspecified atom stereocenters. The molecule has 3 aliphatic rings. The first-order valence-corrected chi connectivity index (χ1v) is 8.80. The van der Waals surface area contributed by atoms with Crippen molar-refractivity contribution in [2.45, 2.75) is 38.4 Å². The Labute approximate surface area is 133 Å². The lowest BCUT2D eigenvalue weighted by Gasteiger charge is -2.24. The second kappa shape index (κ2) is 5.79. The fourth-order valence-electron chi connectivity index (χ4n) is 4.06. The van der Waals surface area contributed by atoms with Gasteiger partial charge in [-0.25, -0.2) is 9.78 Å². The molecule has 2 fully saturated rings. The molecule has 2 bridgehead atoms. The van der Waals surface area contributed by atoms with Crippen LogP contribution < -0.4 is 10.6 Å². The maximum absolute atomic E-state index is 12.0. The third-order valence-electron chi connectivity index (χ3n) is 5.21. The number of rotatable bonds is 3. The Bertz CT molecular complexity index is 551. The molecule has 4 atom stereocenters. The molecule has 0 aromatic carbocycles. The number of carbonyl (C=O) groups excluding carboxylic acids is 1. The Kier molecular flexibility index (Phi) is 3.79. The fourth-order valence-corrected chi connectivity index (χ4v) is 5.00. The first kappa shape index (κ1) is 14.4. The molecule has 1 aliphatic heterocycles. The number of hydrogen-bond acceptors (Lipinski definition) is 5. The van der Waals surface area contributed by atoms with Crippen molar-refractivity contribution in [3.63, 3.8) is 0 Å². The summed E-state index contributed by atoms with van der Waals surface area (Å²) in [5.74, 6) is 1.53. The summed E-state index contributed by atoms with van der Waals surface area (Å²) in [5, 5.41) is 16.2. The van der Waals surface area contributed by atoms with Gasteiger partial charge >= 0.3 is 6.03 Å². The molecule has 0 spiro atoms. The molecule has 4 rings (SSSR count). The first-order valence-electron chi connectivity index (χ1n) is 7.98. The summed E-state index contributed by atoms with van der Waals surface area (Å²) in [6.07, 6.45) is 3.77. The highest BCUT2D eigenvalue weighted by molar-refractivity contribution is 7.15. The van der Waals surface area contributed by atoms with Gasteiger partial charge in [-0.05, 0) is 37.0 Å². The van der Waals surface area contributed by atoms with E-state index < -0.39 is 0 Å². The Morgan fingerprint density at radius 2 is 2.27 bits per heavy atom. The van der Waals surface area contributed by atoms with E-state index >= 15 is 0 Å². The van der Waals surface area contributed by atoms with Gasteiger partial charge in [0.2, 0.25) is 0 Å². The summed E-state index contributed by atoms with van der Waals surface area (Å²) < 4.78 is 5.39. The normalized spacial score (nSPS) is 32.8. The molecule has 2 heterocycles. The molecule has 7 heteroatoms. The molecule has 2 aliphatic carbocycles. The van der Waals surface area contributed by atoms with Crippen molar-refractivity contribution in [2.75, 3.05) is 18.5 Å². The fraction of sp³-hybridized carbons (Fsp3) is 0.733. The maximum Gasteiger partial charge on any atom is 0.321 e. The molecule has 1 aromatic heterocycles. The molecule has 120 valence electrons. The molecule has 6 nitrogen and oxygen atoms in total. The zero-order chi connectivity index (χ0) is 15.1. The van der Waals surface area contributed by atoms with E-state index in [0.717, 1.165) is 36.3 Å². The van der Waals surface area contributed by atoms with Crippen LogP contribution in [0.5, 0.6) is 0 Å². The van der Waals surface area contributed by atoms with Crippen LogP contribution in [0.15, 0.2) is 0 Å². The minimum absolute atomic E-state index is 0.112. The van der Waals surface area contributed by atoms with Crippen molar-refractivity contribution in [1.29, 1.82) is 0 Å². The second-order valence-electron chi connectivity index (χ2n) is 6.58. The number of aromatic nitrogens is 1. The lowest BCUT2D eigenvalue weighted by molar-refractivity contribution is 0.0954. The predicted octanol–water partition coefficient (Wildman–Crippen LogP) is 1.74. The first-order chi connectivity index (χ1) is 10.7. The lowest BCUT2D eigenvalue weighted by atomic mass is 9.87. The number of hydrogen-bond donors (Lipinski definition) is 3. The van der Waals surface area contributed by atoms with Crippen molar-refractivity contribution in [2.24, 2.45) is 17.8 Å². The van der Waals surface area contributed by atoms with Crippen molar-refractivity contribution in [3.8, 4) is 0 Å². The molecule has 22 heavy (non-hydrogen) atoms. The number of fused-ring (bicyclic) bond motifs is 3. The number of aliphatic hydroxyl groups excluding tert-OH is 1. The average Bonchev–Trinajstić information content (AvgIpc) is 3.17. The van der Waals surface area contributed by atoms with Crippen molar-refractivity contribution < 1.29 is 14.6 Å². The predicted molar refractivity (Wildman–Crippen MR) is 82.8 cm³/mol. The standard InChI is InChI=1S/C15H21N3O3S/c19-12-5-8-3-9(12)4-10(8)6-16-14(20)18-15-17-11-1-2-21-7-13(11)22-15/h8-10,12,19H,1-7H2,(H2,16,17,18,20)/t8-,9-,10+,12-/m1/s1. The smallest absolute Gasteiger partial charge is 0.321 e. The number of amides is 2.